The average Bonchev–Trinajstić information content (AvgIpc) is 3.48. The van der Waals surface area contributed by atoms with Crippen molar-refractivity contribution in [2.45, 2.75) is 64.6 Å². The van der Waals surface area contributed by atoms with E-state index >= 15 is 0 Å². The molecule has 2 fully saturated rings. The highest BCUT2D eigenvalue weighted by atomic mass is 16.2. The van der Waals surface area contributed by atoms with E-state index in [0.717, 1.165) is 29.8 Å². The van der Waals surface area contributed by atoms with E-state index in [1.54, 1.807) is 10.9 Å². The highest BCUT2D eigenvalue weighted by Gasteiger charge is 2.31. The van der Waals surface area contributed by atoms with Crippen LogP contribution in [0.15, 0.2) is 35.4 Å². The average molecular weight is 423 g/mol. The van der Waals surface area contributed by atoms with E-state index in [1.165, 1.54) is 32.1 Å². The minimum atomic E-state index is -0.0409. The molecule has 0 unspecified atom stereocenters. The molecule has 0 radical (unpaired) electrons. The molecule has 1 aliphatic carbocycles. The summed E-state index contributed by atoms with van der Waals surface area (Å²) in [6.07, 6.45) is 10.5. The second kappa shape index (κ2) is 8.32. The monoisotopic (exact) mass is 422 g/mol. The number of aryl methyl sites for hydroxylation is 1. The Morgan fingerprint density at radius 3 is 2.77 bits per heavy atom. The lowest BCUT2D eigenvalue weighted by atomic mass is 9.89. The summed E-state index contributed by atoms with van der Waals surface area (Å²) in [5, 5.41) is 4.31. The van der Waals surface area contributed by atoms with Crippen LogP contribution in [0.3, 0.4) is 0 Å². The van der Waals surface area contributed by atoms with Crippen molar-refractivity contribution < 1.29 is 4.79 Å². The van der Waals surface area contributed by atoms with Gasteiger partial charge in [-0.15, -0.1) is 0 Å². The number of pyridine rings is 1. The Morgan fingerprint density at radius 1 is 1.16 bits per heavy atom. The Kier molecular flexibility index (Phi) is 5.38. The molecule has 1 atom stereocenters. The van der Waals surface area contributed by atoms with Gasteiger partial charge in [-0.1, -0.05) is 19.3 Å². The van der Waals surface area contributed by atoms with Crippen LogP contribution >= 0.6 is 0 Å². The molecular formula is C23H30N6O2. The van der Waals surface area contributed by atoms with E-state index in [4.69, 9.17) is 0 Å². The van der Waals surface area contributed by atoms with Gasteiger partial charge in [-0.05, 0) is 50.3 Å². The van der Waals surface area contributed by atoms with E-state index < -0.39 is 0 Å². The van der Waals surface area contributed by atoms with Crippen molar-refractivity contribution in [1.29, 1.82) is 0 Å². The summed E-state index contributed by atoms with van der Waals surface area (Å²) in [6.45, 7) is 4.10. The van der Waals surface area contributed by atoms with E-state index in [9.17, 15) is 9.59 Å². The first-order valence-corrected chi connectivity index (χ1v) is 11.4. The number of carbonyl (C=O) groups excluding carboxylic acids is 1. The maximum atomic E-state index is 13.5. The predicted octanol–water partition coefficient (Wildman–Crippen LogP) is 2.76. The molecule has 164 valence electrons. The Labute approximate surface area is 181 Å². The molecule has 1 aliphatic heterocycles. The molecule has 0 N–H and O–H groups in total. The van der Waals surface area contributed by atoms with Gasteiger partial charge in [0.25, 0.3) is 0 Å². The first kappa shape index (κ1) is 20.0. The van der Waals surface area contributed by atoms with Gasteiger partial charge in [-0.25, -0.2) is 9.78 Å². The van der Waals surface area contributed by atoms with Crippen molar-refractivity contribution in [1.82, 2.24) is 28.8 Å². The van der Waals surface area contributed by atoms with Crippen LogP contribution in [0.25, 0.3) is 11.2 Å². The second-order valence-corrected chi connectivity index (χ2v) is 9.05. The maximum absolute atomic E-state index is 13.5. The summed E-state index contributed by atoms with van der Waals surface area (Å²) in [5.41, 5.74) is 2.57. The van der Waals surface area contributed by atoms with Crippen LogP contribution in [0.1, 0.15) is 50.3 Å². The van der Waals surface area contributed by atoms with Gasteiger partial charge in [0.15, 0.2) is 5.65 Å². The van der Waals surface area contributed by atoms with Crippen LogP contribution in [0.5, 0.6) is 0 Å². The van der Waals surface area contributed by atoms with Crippen molar-refractivity contribution in [3.05, 3.63) is 46.8 Å². The zero-order chi connectivity index (χ0) is 21.4. The molecule has 3 aromatic heterocycles. The Hall–Kier alpha value is -2.90. The number of likely N-dealkylation sites (tertiary alicyclic amines) is 1. The fraction of sp³-hybridized carbons (Fsp3) is 0.565. The Balaban J connectivity index is 1.38. The highest BCUT2D eigenvalue weighted by Crippen LogP contribution is 2.28. The fourth-order valence-corrected chi connectivity index (χ4v) is 5.21. The predicted molar refractivity (Wildman–Crippen MR) is 118 cm³/mol. The largest absolute Gasteiger partial charge is 0.339 e. The van der Waals surface area contributed by atoms with Gasteiger partial charge < -0.3 is 4.90 Å². The van der Waals surface area contributed by atoms with Crippen molar-refractivity contribution in [3.8, 4) is 0 Å². The lowest BCUT2D eigenvalue weighted by Gasteiger charge is -2.21. The normalized spacial score (nSPS) is 20.0. The van der Waals surface area contributed by atoms with Crippen LogP contribution in [0.2, 0.25) is 0 Å². The van der Waals surface area contributed by atoms with Crippen molar-refractivity contribution in [2.24, 2.45) is 5.92 Å². The summed E-state index contributed by atoms with van der Waals surface area (Å²) in [6, 6.07) is 5.76. The number of hydrogen-bond donors (Lipinski definition) is 0. The second-order valence-electron chi connectivity index (χ2n) is 9.05. The number of rotatable bonds is 5. The first-order valence-electron chi connectivity index (χ1n) is 11.4. The minimum Gasteiger partial charge on any atom is -0.339 e. The van der Waals surface area contributed by atoms with Gasteiger partial charge in [0.05, 0.1) is 17.3 Å². The third kappa shape index (κ3) is 3.91. The molecule has 2 aliphatic rings. The van der Waals surface area contributed by atoms with Gasteiger partial charge in [0.2, 0.25) is 5.91 Å². The number of nitrogens with zero attached hydrogens (tertiary/aromatic N) is 6. The number of amides is 1. The van der Waals surface area contributed by atoms with Crippen molar-refractivity contribution in [2.75, 3.05) is 13.1 Å². The molecule has 0 aromatic carbocycles. The van der Waals surface area contributed by atoms with Gasteiger partial charge in [-0.2, -0.15) is 5.10 Å². The number of fused-ring (bicyclic) bond motifs is 1. The highest BCUT2D eigenvalue weighted by molar-refractivity contribution is 5.76. The minimum absolute atomic E-state index is 0.0151. The zero-order valence-electron chi connectivity index (χ0n) is 18.1. The topological polar surface area (TPSA) is 78.0 Å². The smallest absolute Gasteiger partial charge is 0.330 e. The van der Waals surface area contributed by atoms with Crippen LogP contribution in [0, 0.1) is 12.8 Å². The van der Waals surface area contributed by atoms with Crippen LogP contribution in [-0.2, 0) is 17.9 Å². The molecule has 0 bridgehead atoms. The van der Waals surface area contributed by atoms with Crippen molar-refractivity contribution in [3.63, 3.8) is 0 Å². The lowest BCUT2D eigenvalue weighted by molar-refractivity contribution is -0.131. The maximum Gasteiger partial charge on any atom is 0.330 e. The van der Waals surface area contributed by atoms with Gasteiger partial charge in [0.1, 0.15) is 6.54 Å². The Bertz CT molecular complexity index is 1140. The first-order chi connectivity index (χ1) is 15.1. The number of imidazole rings is 1. The van der Waals surface area contributed by atoms with E-state index in [1.807, 2.05) is 45.4 Å². The van der Waals surface area contributed by atoms with Gasteiger partial charge in [0, 0.05) is 32.0 Å². The molecule has 5 rings (SSSR count). The van der Waals surface area contributed by atoms with Gasteiger partial charge >= 0.3 is 5.69 Å². The third-order valence-electron chi connectivity index (χ3n) is 6.84. The summed E-state index contributed by atoms with van der Waals surface area (Å²) in [4.78, 5) is 32.7. The number of aromatic nitrogens is 5. The molecule has 8 nitrogen and oxygen atoms in total. The molecule has 3 aromatic rings. The molecule has 0 spiro atoms. The van der Waals surface area contributed by atoms with Crippen molar-refractivity contribution >= 4 is 17.1 Å². The van der Waals surface area contributed by atoms with E-state index in [0.29, 0.717) is 19.0 Å². The number of carbonyl (C=O) groups is 1. The molecule has 1 saturated heterocycles. The number of hydrogen-bond acceptors (Lipinski definition) is 4. The molecule has 8 heteroatoms. The fourth-order valence-electron chi connectivity index (χ4n) is 5.21. The lowest BCUT2D eigenvalue weighted by Crippen LogP contribution is -2.34. The standard InChI is InChI=1S/C23H30N6O2/c1-17-9-13-27(25-17)16-21(30)26-12-10-19(15-26)29-22-20(8-5-11-24-22)28(23(29)31)14-18-6-3-2-4-7-18/h5,8-9,11,13,18-19H,2-4,6-7,10,12,14-16H2,1H3/t19-/m1/s1. The van der Waals surface area contributed by atoms with E-state index in [-0.39, 0.29) is 24.2 Å². The summed E-state index contributed by atoms with van der Waals surface area (Å²) < 4.78 is 5.44. The molecule has 4 heterocycles. The molecular weight excluding hydrogens is 392 g/mol. The molecule has 1 saturated carbocycles. The third-order valence-corrected chi connectivity index (χ3v) is 6.84. The summed E-state index contributed by atoms with van der Waals surface area (Å²) in [7, 11) is 0. The van der Waals surface area contributed by atoms with Crippen LogP contribution < -0.4 is 5.69 Å². The zero-order valence-corrected chi connectivity index (χ0v) is 18.1. The summed E-state index contributed by atoms with van der Waals surface area (Å²) in [5.74, 6) is 0.599. The SMILES string of the molecule is Cc1ccn(CC(=O)N2CC[C@@H](n3c(=O)n(CC4CCCCC4)c4cccnc43)C2)n1. The molecule has 31 heavy (non-hydrogen) atoms. The summed E-state index contributed by atoms with van der Waals surface area (Å²) >= 11 is 0. The van der Waals surface area contributed by atoms with Crippen LogP contribution in [0.4, 0.5) is 0 Å². The van der Waals surface area contributed by atoms with E-state index in [2.05, 4.69) is 10.1 Å². The molecule has 1 amide bonds. The van der Waals surface area contributed by atoms with Crippen LogP contribution in [-0.4, -0.2) is 47.8 Å². The van der Waals surface area contributed by atoms with Gasteiger partial charge in [-0.3, -0.25) is 18.6 Å². The quantitative estimate of drug-likeness (QED) is 0.633. The Morgan fingerprint density at radius 2 is 2.00 bits per heavy atom.